The summed E-state index contributed by atoms with van der Waals surface area (Å²) in [7, 11) is 0. The van der Waals surface area contributed by atoms with Crippen molar-refractivity contribution in [3.8, 4) is 0 Å². The third-order valence-corrected chi connectivity index (χ3v) is 4.02. The van der Waals surface area contributed by atoms with Crippen molar-refractivity contribution in [2.75, 3.05) is 5.32 Å². The molecule has 1 aromatic heterocycles. The lowest BCUT2D eigenvalue weighted by Crippen LogP contribution is -2.26. The zero-order valence-electron chi connectivity index (χ0n) is 9.05. The number of carbonyl (C=O) groups is 1. The van der Waals surface area contributed by atoms with Gasteiger partial charge in [-0.25, -0.2) is 4.98 Å². The Morgan fingerprint density at radius 3 is 2.69 bits per heavy atom. The number of carbonyl (C=O) groups excluding carboxylic acids is 1. The topological polar surface area (TPSA) is 42.0 Å². The second kappa shape index (κ2) is 3.60. The molecule has 86 valence electrons. The Kier molecular flexibility index (Phi) is 2.63. The van der Waals surface area contributed by atoms with E-state index < -0.39 is 9.75 Å². The normalized spacial score (nSPS) is 26.2. The fourth-order valence-electron chi connectivity index (χ4n) is 1.51. The number of amides is 1. The third-order valence-electron chi connectivity index (χ3n) is 2.92. The number of hydrogen-bond acceptors (Lipinski definition) is 2. The highest BCUT2D eigenvalue weighted by atomic mass is 35.5. The first-order valence-electron chi connectivity index (χ1n) is 4.97. The second-order valence-electron chi connectivity index (χ2n) is 4.39. The molecule has 3 nitrogen and oxygen atoms in total. The van der Waals surface area contributed by atoms with Crippen LogP contribution in [0.15, 0.2) is 18.3 Å². The van der Waals surface area contributed by atoms with E-state index in [1.807, 2.05) is 13.0 Å². The smallest absolute Gasteiger partial charge is 0.234 e. The summed E-state index contributed by atoms with van der Waals surface area (Å²) in [6, 6.07) is 3.66. The summed E-state index contributed by atoms with van der Waals surface area (Å²) in [4.78, 5) is 16.0. The van der Waals surface area contributed by atoms with Crippen LogP contribution in [0.1, 0.15) is 18.9 Å². The molecule has 1 aliphatic carbocycles. The summed E-state index contributed by atoms with van der Waals surface area (Å²) >= 11 is 11.8. The van der Waals surface area contributed by atoms with Crippen molar-refractivity contribution in [1.29, 1.82) is 0 Å². The summed E-state index contributed by atoms with van der Waals surface area (Å²) in [6.45, 7) is 3.68. The van der Waals surface area contributed by atoms with Crippen molar-refractivity contribution < 1.29 is 4.79 Å². The number of aromatic nitrogens is 1. The van der Waals surface area contributed by atoms with E-state index >= 15 is 0 Å². The molecule has 0 saturated heterocycles. The number of nitrogens with one attached hydrogen (secondary N) is 1. The lowest BCUT2D eigenvalue weighted by Gasteiger charge is -2.12. The highest BCUT2D eigenvalue weighted by Gasteiger charge is 2.67. The molecular weight excluding hydrogens is 247 g/mol. The molecule has 2 rings (SSSR count). The van der Waals surface area contributed by atoms with E-state index in [1.54, 1.807) is 19.2 Å². The van der Waals surface area contributed by atoms with Crippen molar-refractivity contribution in [3.05, 3.63) is 23.9 Å². The van der Waals surface area contributed by atoms with E-state index in [0.29, 0.717) is 12.2 Å². The zero-order valence-corrected chi connectivity index (χ0v) is 10.6. The summed E-state index contributed by atoms with van der Waals surface area (Å²) in [5.41, 5.74) is 0.330. The first-order valence-corrected chi connectivity index (χ1v) is 5.73. The second-order valence-corrected chi connectivity index (χ2v) is 5.87. The van der Waals surface area contributed by atoms with E-state index in [1.165, 1.54) is 0 Å². The van der Waals surface area contributed by atoms with E-state index in [4.69, 9.17) is 23.2 Å². The fraction of sp³-hybridized carbons (Fsp3) is 0.455. The Hall–Kier alpha value is -0.800. The Labute approximate surface area is 104 Å². The average molecular weight is 259 g/mol. The number of alkyl halides is 2. The minimum Gasteiger partial charge on any atom is -0.310 e. The molecule has 1 aliphatic rings. The number of halogens is 2. The molecule has 5 heteroatoms. The van der Waals surface area contributed by atoms with Gasteiger partial charge < -0.3 is 5.32 Å². The maximum absolute atomic E-state index is 11.9. The van der Waals surface area contributed by atoms with Crippen LogP contribution in [0.3, 0.4) is 0 Å². The number of hydrogen-bond donors (Lipinski definition) is 1. The molecule has 0 radical (unpaired) electrons. The fourth-order valence-corrected chi connectivity index (χ4v) is 2.21. The van der Waals surface area contributed by atoms with E-state index in [2.05, 4.69) is 10.3 Å². The molecule has 1 aromatic rings. The van der Waals surface area contributed by atoms with Gasteiger partial charge in [-0.1, -0.05) is 0 Å². The monoisotopic (exact) mass is 258 g/mol. The van der Waals surface area contributed by atoms with Gasteiger partial charge in [0, 0.05) is 6.20 Å². The van der Waals surface area contributed by atoms with Gasteiger partial charge in [-0.3, -0.25) is 4.79 Å². The Bertz CT molecular complexity index is 447. The molecule has 0 aromatic carbocycles. The Balaban J connectivity index is 2.10. The highest BCUT2D eigenvalue weighted by molar-refractivity contribution is 6.53. The van der Waals surface area contributed by atoms with Gasteiger partial charge in [0.1, 0.15) is 10.2 Å². The van der Waals surface area contributed by atoms with Crippen LogP contribution in [0.25, 0.3) is 0 Å². The minimum absolute atomic E-state index is 0.185. The van der Waals surface area contributed by atoms with E-state index in [9.17, 15) is 4.79 Å². The molecule has 1 amide bonds. The van der Waals surface area contributed by atoms with Crippen LogP contribution < -0.4 is 5.32 Å². The molecule has 1 unspecified atom stereocenters. The van der Waals surface area contributed by atoms with Gasteiger partial charge in [-0.2, -0.15) is 0 Å². The third kappa shape index (κ3) is 1.89. The van der Waals surface area contributed by atoms with Crippen molar-refractivity contribution in [2.45, 2.75) is 24.6 Å². The lowest BCUT2D eigenvalue weighted by molar-refractivity contribution is -0.120. The van der Waals surface area contributed by atoms with Gasteiger partial charge in [0.25, 0.3) is 0 Å². The molecule has 0 spiro atoms. The largest absolute Gasteiger partial charge is 0.310 e. The summed E-state index contributed by atoms with van der Waals surface area (Å²) < 4.78 is -0.944. The van der Waals surface area contributed by atoms with Crippen LogP contribution >= 0.6 is 23.2 Å². The molecule has 1 atom stereocenters. The van der Waals surface area contributed by atoms with Gasteiger partial charge >= 0.3 is 0 Å². The molecule has 1 heterocycles. The summed E-state index contributed by atoms with van der Waals surface area (Å²) in [6.07, 6.45) is 2.12. The van der Waals surface area contributed by atoms with Crippen molar-refractivity contribution in [3.63, 3.8) is 0 Å². The van der Waals surface area contributed by atoms with Crippen molar-refractivity contribution in [1.82, 2.24) is 4.98 Å². The number of anilines is 1. The first-order chi connectivity index (χ1) is 7.35. The average Bonchev–Trinajstić information content (AvgIpc) is 2.67. The number of rotatable bonds is 2. The van der Waals surface area contributed by atoms with Crippen LogP contribution in [0.5, 0.6) is 0 Å². The predicted octanol–water partition coefficient (Wildman–Crippen LogP) is 2.91. The summed E-state index contributed by atoms with van der Waals surface area (Å²) in [5, 5.41) is 2.72. The molecule has 0 aliphatic heterocycles. The minimum atomic E-state index is -0.944. The van der Waals surface area contributed by atoms with E-state index in [-0.39, 0.29) is 5.91 Å². The van der Waals surface area contributed by atoms with Gasteiger partial charge in [-0.05, 0) is 38.0 Å². The number of aryl methyl sites for hydroxylation is 1. The lowest BCUT2D eigenvalue weighted by atomic mass is 10.1. The zero-order chi connectivity index (χ0) is 12.0. The van der Waals surface area contributed by atoms with Crippen LogP contribution in [0.2, 0.25) is 0 Å². The standard InChI is InChI=1S/C11H12Cl2N2O/c1-7-3-4-14-8(5-7)15-9(16)10(2)6-11(10,12)13/h3-5H,6H2,1-2H3,(H,14,15,16). The van der Waals surface area contributed by atoms with Crippen molar-refractivity contribution >= 4 is 34.9 Å². The van der Waals surface area contributed by atoms with Crippen LogP contribution in [0, 0.1) is 12.3 Å². The SMILES string of the molecule is Cc1ccnc(NC(=O)C2(C)CC2(Cl)Cl)c1. The predicted molar refractivity (Wildman–Crippen MR) is 64.8 cm³/mol. The molecule has 0 bridgehead atoms. The molecule has 1 fully saturated rings. The van der Waals surface area contributed by atoms with Gasteiger partial charge in [0.2, 0.25) is 5.91 Å². The number of pyridine rings is 1. The maximum atomic E-state index is 11.9. The van der Waals surface area contributed by atoms with E-state index in [0.717, 1.165) is 5.56 Å². The van der Waals surface area contributed by atoms with Gasteiger partial charge in [-0.15, -0.1) is 23.2 Å². The quantitative estimate of drug-likeness (QED) is 0.830. The molecular formula is C11H12Cl2N2O. The molecule has 1 saturated carbocycles. The first kappa shape index (κ1) is 11.7. The highest BCUT2D eigenvalue weighted by Crippen LogP contribution is 2.64. The summed E-state index contributed by atoms with van der Waals surface area (Å²) in [5.74, 6) is 0.345. The van der Waals surface area contributed by atoms with Crippen LogP contribution in [-0.2, 0) is 4.79 Å². The van der Waals surface area contributed by atoms with Crippen molar-refractivity contribution in [2.24, 2.45) is 5.41 Å². The Morgan fingerprint density at radius 1 is 1.56 bits per heavy atom. The Morgan fingerprint density at radius 2 is 2.19 bits per heavy atom. The maximum Gasteiger partial charge on any atom is 0.234 e. The van der Waals surface area contributed by atoms with Gasteiger partial charge in [0.05, 0.1) is 5.41 Å². The molecule has 16 heavy (non-hydrogen) atoms. The van der Waals surface area contributed by atoms with Crippen LogP contribution in [-0.4, -0.2) is 15.2 Å². The van der Waals surface area contributed by atoms with Crippen LogP contribution in [0.4, 0.5) is 5.82 Å². The number of nitrogens with zero attached hydrogens (tertiary/aromatic N) is 1. The molecule has 1 N–H and O–H groups in total. The van der Waals surface area contributed by atoms with Gasteiger partial charge in [0.15, 0.2) is 0 Å².